The Morgan fingerprint density at radius 2 is 1.82 bits per heavy atom. The van der Waals surface area contributed by atoms with Crippen LogP contribution in [0.1, 0.15) is 42.7 Å². The van der Waals surface area contributed by atoms with E-state index in [-0.39, 0.29) is 30.2 Å². The van der Waals surface area contributed by atoms with E-state index in [1.54, 1.807) is 6.07 Å². The van der Waals surface area contributed by atoms with Crippen molar-refractivity contribution in [3.05, 3.63) is 52.8 Å². The van der Waals surface area contributed by atoms with Gasteiger partial charge in [-0.1, -0.05) is 17.7 Å². The zero-order valence-corrected chi connectivity index (χ0v) is 20.5. The minimum absolute atomic E-state index is 0.0181. The minimum Gasteiger partial charge on any atom is -0.350 e. The summed E-state index contributed by atoms with van der Waals surface area (Å²) >= 11 is 5.86. The van der Waals surface area contributed by atoms with E-state index >= 15 is 0 Å². The molecule has 186 valence electrons. The number of sulfone groups is 2. The molecule has 0 radical (unpaired) electrons. The number of alkyl halides is 3. The van der Waals surface area contributed by atoms with Gasteiger partial charge in [-0.15, -0.1) is 0 Å². The largest absolute Gasteiger partial charge is 0.417 e. The van der Waals surface area contributed by atoms with Gasteiger partial charge in [-0.05, 0) is 56.9 Å². The number of nitrogens with one attached hydrogen (secondary N) is 1. The molecule has 0 aliphatic heterocycles. The van der Waals surface area contributed by atoms with Crippen molar-refractivity contribution in [2.75, 3.05) is 6.54 Å². The Bertz CT molecular complexity index is 1310. The van der Waals surface area contributed by atoms with Crippen LogP contribution in [0.25, 0.3) is 0 Å². The first kappa shape index (κ1) is 26.4. The van der Waals surface area contributed by atoms with Crippen molar-refractivity contribution in [3.63, 3.8) is 0 Å². The molecule has 1 aromatic heterocycles. The number of carbonyl (C=O) groups is 1. The number of carbonyl (C=O) groups excluding carboxylic acids is 1. The molecule has 1 aliphatic rings. The van der Waals surface area contributed by atoms with E-state index in [1.807, 2.05) is 0 Å². The van der Waals surface area contributed by atoms with E-state index in [4.69, 9.17) is 11.6 Å². The molecule has 1 aromatic carbocycles. The predicted molar refractivity (Wildman–Crippen MR) is 119 cm³/mol. The summed E-state index contributed by atoms with van der Waals surface area (Å²) in [6.45, 7) is 2.59. The first-order chi connectivity index (χ1) is 15.6. The van der Waals surface area contributed by atoms with Crippen LogP contribution in [0, 0.1) is 5.92 Å². The van der Waals surface area contributed by atoms with Crippen molar-refractivity contribution in [1.82, 2.24) is 10.3 Å². The van der Waals surface area contributed by atoms with Gasteiger partial charge in [0, 0.05) is 17.8 Å². The third-order valence-corrected chi connectivity index (χ3v) is 10.2. The molecule has 0 atom stereocenters. The maximum atomic E-state index is 13.1. The summed E-state index contributed by atoms with van der Waals surface area (Å²) in [5.41, 5.74) is -1.92. The summed E-state index contributed by atoms with van der Waals surface area (Å²) in [6, 6.07) is 6.31. The summed E-state index contributed by atoms with van der Waals surface area (Å²) in [5, 5.41) is 1.03. The molecule has 3 rings (SSSR count). The van der Waals surface area contributed by atoms with Gasteiger partial charge >= 0.3 is 6.18 Å². The first-order valence-electron chi connectivity index (χ1n) is 10.2. The van der Waals surface area contributed by atoms with E-state index < -0.39 is 58.4 Å². The number of rotatable bonds is 7. The number of halogens is 4. The van der Waals surface area contributed by atoms with Crippen LogP contribution < -0.4 is 5.32 Å². The fourth-order valence-corrected chi connectivity index (χ4v) is 6.96. The van der Waals surface area contributed by atoms with E-state index in [0.717, 1.165) is 0 Å². The second-order valence-corrected chi connectivity index (χ2v) is 13.5. The second kappa shape index (κ2) is 9.46. The zero-order valence-electron chi connectivity index (χ0n) is 18.1. The fraction of sp³-hybridized carbons (Fsp3) is 0.429. The van der Waals surface area contributed by atoms with Gasteiger partial charge in [-0.2, -0.15) is 13.2 Å². The third-order valence-electron chi connectivity index (χ3n) is 5.63. The molecule has 1 aliphatic carbocycles. The maximum Gasteiger partial charge on any atom is 0.417 e. The molecule has 2 aromatic rings. The van der Waals surface area contributed by atoms with Gasteiger partial charge in [0.15, 0.2) is 19.7 Å². The van der Waals surface area contributed by atoms with Crippen LogP contribution in [0.3, 0.4) is 0 Å². The molecular weight excluding hydrogens is 517 g/mol. The van der Waals surface area contributed by atoms with Gasteiger partial charge in [0.25, 0.3) is 5.91 Å². The smallest absolute Gasteiger partial charge is 0.350 e. The van der Waals surface area contributed by atoms with Crippen molar-refractivity contribution in [2.24, 2.45) is 5.92 Å². The highest BCUT2D eigenvalue weighted by molar-refractivity contribution is 7.92. The van der Waals surface area contributed by atoms with Crippen LogP contribution in [-0.2, 0) is 25.9 Å². The Morgan fingerprint density at radius 1 is 1.18 bits per heavy atom. The lowest BCUT2D eigenvalue weighted by Gasteiger charge is -2.34. The molecule has 1 amide bonds. The van der Waals surface area contributed by atoms with Gasteiger partial charge < -0.3 is 5.32 Å². The molecule has 1 saturated carbocycles. The van der Waals surface area contributed by atoms with Crippen LogP contribution >= 0.6 is 11.6 Å². The molecule has 1 heterocycles. The maximum absolute atomic E-state index is 13.1. The standard InChI is InChI=1S/C21H22ClF3N2O5S2/c1-12(2)33(29,30)18-8-14(21(23,24)25)11-26-19(18)20(28)27-10-13-6-17(7-13)34(31,32)16-5-3-4-15(22)9-16/h3-5,8-9,11-13,17H,6-7,10H2,1-2H3,(H,27,28)/t13-,17-. The summed E-state index contributed by atoms with van der Waals surface area (Å²) in [4.78, 5) is 15.4. The molecule has 0 saturated heterocycles. The van der Waals surface area contributed by atoms with Gasteiger partial charge in [0.2, 0.25) is 0 Å². The van der Waals surface area contributed by atoms with Crippen molar-refractivity contribution in [1.29, 1.82) is 0 Å². The number of aromatic nitrogens is 1. The monoisotopic (exact) mass is 538 g/mol. The van der Waals surface area contributed by atoms with Gasteiger partial charge in [-0.25, -0.2) is 21.8 Å². The predicted octanol–water partition coefficient (Wildman–Crippen LogP) is 3.92. The number of hydrogen-bond donors (Lipinski definition) is 1. The summed E-state index contributed by atoms with van der Waals surface area (Å²) in [6.07, 6.45) is -3.91. The molecule has 0 bridgehead atoms. The van der Waals surface area contributed by atoms with Crippen molar-refractivity contribution in [3.8, 4) is 0 Å². The van der Waals surface area contributed by atoms with Gasteiger partial charge in [0.1, 0.15) is 5.69 Å². The molecule has 0 unspecified atom stereocenters. The highest BCUT2D eigenvalue weighted by Gasteiger charge is 2.40. The first-order valence-corrected chi connectivity index (χ1v) is 13.7. The SMILES string of the molecule is CC(C)S(=O)(=O)c1cc(C(F)(F)F)cnc1C(=O)NC[C@H]1C[C@H](S(=O)(=O)c2cccc(Cl)c2)C1. The average Bonchev–Trinajstić information content (AvgIpc) is 2.71. The van der Waals surface area contributed by atoms with Crippen LogP contribution in [0.4, 0.5) is 13.2 Å². The van der Waals surface area contributed by atoms with E-state index in [1.165, 1.54) is 32.0 Å². The Labute approximate surface area is 200 Å². The lowest BCUT2D eigenvalue weighted by molar-refractivity contribution is -0.138. The Kier molecular flexibility index (Phi) is 7.35. The number of amides is 1. The quantitative estimate of drug-likeness (QED) is 0.572. The second-order valence-electron chi connectivity index (χ2n) is 8.33. The van der Waals surface area contributed by atoms with Crippen LogP contribution in [0.15, 0.2) is 46.3 Å². The topological polar surface area (TPSA) is 110 Å². The van der Waals surface area contributed by atoms with Crippen LogP contribution in [0.5, 0.6) is 0 Å². The Morgan fingerprint density at radius 3 is 2.38 bits per heavy atom. The number of benzene rings is 1. The van der Waals surface area contributed by atoms with Crippen molar-refractivity contribution < 1.29 is 34.8 Å². The fourth-order valence-electron chi connectivity index (χ4n) is 3.49. The molecular formula is C21H22ClF3N2O5S2. The van der Waals surface area contributed by atoms with E-state index in [9.17, 15) is 34.8 Å². The molecule has 1 fully saturated rings. The molecule has 0 spiro atoms. The summed E-state index contributed by atoms with van der Waals surface area (Å²) < 4.78 is 89.8. The molecule has 34 heavy (non-hydrogen) atoms. The van der Waals surface area contributed by atoms with Crippen LogP contribution in [-0.4, -0.2) is 44.8 Å². The van der Waals surface area contributed by atoms with E-state index in [2.05, 4.69) is 10.3 Å². The van der Waals surface area contributed by atoms with E-state index in [0.29, 0.717) is 17.3 Å². The zero-order chi connectivity index (χ0) is 25.5. The lowest BCUT2D eigenvalue weighted by atomic mass is 9.85. The van der Waals surface area contributed by atoms with Crippen molar-refractivity contribution in [2.45, 2.75) is 53.2 Å². The average molecular weight is 539 g/mol. The van der Waals surface area contributed by atoms with Gasteiger partial charge in [0.05, 0.1) is 25.9 Å². The number of pyridine rings is 1. The van der Waals surface area contributed by atoms with Crippen molar-refractivity contribution >= 4 is 37.2 Å². The molecule has 7 nitrogen and oxygen atoms in total. The Balaban J connectivity index is 1.71. The third kappa shape index (κ3) is 5.38. The minimum atomic E-state index is -4.83. The molecule has 13 heteroatoms. The Hall–Kier alpha value is -2.18. The normalized spacial score (nSPS) is 19.0. The number of hydrogen-bond acceptors (Lipinski definition) is 6. The highest BCUT2D eigenvalue weighted by atomic mass is 35.5. The van der Waals surface area contributed by atoms with Gasteiger partial charge in [-0.3, -0.25) is 4.79 Å². The highest BCUT2D eigenvalue weighted by Crippen LogP contribution is 2.37. The number of nitrogens with zero attached hydrogens (tertiary/aromatic N) is 1. The lowest BCUT2D eigenvalue weighted by Crippen LogP contribution is -2.42. The summed E-state index contributed by atoms with van der Waals surface area (Å²) in [5.74, 6) is -1.16. The molecule has 1 N–H and O–H groups in total. The summed E-state index contributed by atoms with van der Waals surface area (Å²) in [7, 11) is -7.84. The van der Waals surface area contributed by atoms with Crippen LogP contribution in [0.2, 0.25) is 5.02 Å².